The fraction of sp³-hybridized carbons (Fsp3) is 0.476. The summed E-state index contributed by atoms with van der Waals surface area (Å²) in [5.41, 5.74) is 1.80. The molecule has 0 radical (unpaired) electrons. The predicted molar refractivity (Wildman–Crippen MR) is 113 cm³/mol. The summed E-state index contributed by atoms with van der Waals surface area (Å²) in [6.07, 6.45) is 0. The van der Waals surface area contributed by atoms with Crippen LogP contribution in [0.25, 0.3) is 0 Å². The number of nitrogens with zero attached hydrogens (tertiary/aromatic N) is 1. The molecule has 29 heavy (non-hydrogen) atoms. The van der Waals surface area contributed by atoms with Crippen LogP contribution in [0.15, 0.2) is 34.5 Å². The number of aliphatic imine (C=N–C) groups is 1. The minimum atomic E-state index is -0.816. The molecular formula is C21H25Cl2NO5. The molecule has 0 spiro atoms. The molecule has 0 saturated heterocycles. The number of halogens is 2. The molecule has 0 aromatic heterocycles. The molecule has 1 heterocycles. The van der Waals surface area contributed by atoms with Gasteiger partial charge in [-0.2, -0.15) is 0 Å². The second kappa shape index (κ2) is 10.8. The molecule has 1 aromatic carbocycles. The highest BCUT2D eigenvalue weighted by Crippen LogP contribution is 2.44. The number of ether oxygens (including phenoxy) is 3. The molecule has 0 saturated carbocycles. The third-order valence-corrected chi connectivity index (χ3v) is 5.40. The average molecular weight is 442 g/mol. The molecule has 2 unspecified atom stereocenters. The zero-order valence-electron chi connectivity index (χ0n) is 17.0. The molecule has 0 aliphatic carbocycles. The summed E-state index contributed by atoms with van der Waals surface area (Å²) < 4.78 is 15.9. The maximum absolute atomic E-state index is 13.0. The van der Waals surface area contributed by atoms with Crippen LogP contribution < -0.4 is 0 Å². The number of hydrogen-bond acceptors (Lipinski definition) is 6. The average Bonchev–Trinajstić information content (AvgIpc) is 2.66. The van der Waals surface area contributed by atoms with Gasteiger partial charge in [0.2, 0.25) is 0 Å². The highest BCUT2D eigenvalue weighted by molar-refractivity contribution is 6.42. The van der Waals surface area contributed by atoms with Gasteiger partial charge in [-0.3, -0.25) is 9.79 Å². The van der Waals surface area contributed by atoms with Crippen molar-refractivity contribution in [1.29, 1.82) is 0 Å². The first kappa shape index (κ1) is 23.4. The van der Waals surface area contributed by atoms with Crippen LogP contribution in [0.1, 0.15) is 39.2 Å². The van der Waals surface area contributed by atoms with Crippen molar-refractivity contribution in [3.05, 3.63) is 45.1 Å². The van der Waals surface area contributed by atoms with E-state index in [0.717, 1.165) is 0 Å². The number of hydrogen-bond donors (Lipinski definition) is 0. The third kappa shape index (κ3) is 5.38. The van der Waals surface area contributed by atoms with Gasteiger partial charge in [0.25, 0.3) is 0 Å². The van der Waals surface area contributed by atoms with E-state index in [9.17, 15) is 9.59 Å². The number of benzene rings is 1. The van der Waals surface area contributed by atoms with Crippen LogP contribution in [0.2, 0.25) is 10.0 Å². The third-order valence-electron chi connectivity index (χ3n) is 4.57. The van der Waals surface area contributed by atoms with E-state index >= 15 is 0 Å². The van der Waals surface area contributed by atoms with Crippen LogP contribution in [0.3, 0.4) is 0 Å². The zero-order valence-corrected chi connectivity index (χ0v) is 18.5. The lowest BCUT2D eigenvalue weighted by Gasteiger charge is -2.32. The van der Waals surface area contributed by atoms with Crippen LogP contribution in [0, 0.1) is 5.92 Å². The summed E-state index contributed by atoms with van der Waals surface area (Å²) in [4.78, 5) is 30.2. The Morgan fingerprint density at radius 2 is 1.79 bits per heavy atom. The number of rotatable bonds is 8. The SMILES string of the molecule is CCOCCOC(=O)C1=C(C)N=C(C)C(C(=O)OCC)C1c1cccc(Cl)c1Cl. The van der Waals surface area contributed by atoms with E-state index in [0.29, 0.717) is 28.6 Å². The van der Waals surface area contributed by atoms with E-state index in [1.807, 2.05) is 6.92 Å². The summed E-state index contributed by atoms with van der Waals surface area (Å²) in [7, 11) is 0. The Morgan fingerprint density at radius 3 is 2.45 bits per heavy atom. The van der Waals surface area contributed by atoms with Gasteiger partial charge < -0.3 is 14.2 Å². The Bertz CT molecular complexity index is 834. The van der Waals surface area contributed by atoms with E-state index < -0.39 is 23.8 Å². The van der Waals surface area contributed by atoms with Crippen molar-refractivity contribution >= 4 is 40.9 Å². The Labute approximate surface area is 180 Å². The molecule has 1 aromatic rings. The second-order valence-corrected chi connectivity index (χ2v) is 7.22. The Morgan fingerprint density at radius 1 is 1.07 bits per heavy atom. The molecule has 0 fully saturated rings. The summed E-state index contributed by atoms with van der Waals surface area (Å²) in [6.45, 7) is 8.10. The van der Waals surface area contributed by atoms with Gasteiger partial charge in [0.1, 0.15) is 12.5 Å². The molecule has 0 N–H and O–H groups in total. The van der Waals surface area contributed by atoms with E-state index in [4.69, 9.17) is 37.4 Å². The lowest BCUT2D eigenvalue weighted by molar-refractivity contribution is -0.146. The number of allylic oxidation sites excluding steroid dienone is 1. The molecular weight excluding hydrogens is 417 g/mol. The number of carbonyl (C=O) groups excluding carboxylic acids is 2. The van der Waals surface area contributed by atoms with Crippen LogP contribution in [0.4, 0.5) is 0 Å². The first-order valence-corrected chi connectivity index (χ1v) is 10.2. The summed E-state index contributed by atoms with van der Waals surface area (Å²) in [6, 6.07) is 5.11. The van der Waals surface area contributed by atoms with Crippen molar-refractivity contribution in [1.82, 2.24) is 0 Å². The van der Waals surface area contributed by atoms with Gasteiger partial charge in [0, 0.05) is 23.9 Å². The monoisotopic (exact) mass is 441 g/mol. The largest absolute Gasteiger partial charge is 0.465 e. The van der Waals surface area contributed by atoms with Gasteiger partial charge in [-0.1, -0.05) is 35.3 Å². The van der Waals surface area contributed by atoms with Gasteiger partial charge in [-0.15, -0.1) is 0 Å². The van der Waals surface area contributed by atoms with Gasteiger partial charge >= 0.3 is 11.9 Å². The van der Waals surface area contributed by atoms with Crippen molar-refractivity contribution in [2.45, 2.75) is 33.6 Å². The lowest BCUT2D eigenvalue weighted by atomic mass is 9.75. The second-order valence-electron chi connectivity index (χ2n) is 6.44. The first-order valence-electron chi connectivity index (χ1n) is 9.44. The van der Waals surface area contributed by atoms with Crippen molar-refractivity contribution in [3.8, 4) is 0 Å². The van der Waals surface area contributed by atoms with Crippen LogP contribution in [-0.4, -0.2) is 44.1 Å². The van der Waals surface area contributed by atoms with Gasteiger partial charge in [0.15, 0.2) is 0 Å². The zero-order chi connectivity index (χ0) is 21.6. The number of esters is 2. The highest BCUT2D eigenvalue weighted by atomic mass is 35.5. The van der Waals surface area contributed by atoms with Crippen LogP contribution in [0.5, 0.6) is 0 Å². The molecule has 8 heteroatoms. The molecule has 1 aliphatic rings. The lowest BCUT2D eigenvalue weighted by Crippen LogP contribution is -2.37. The molecule has 2 atom stereocenters. The maximum Gasteiger partial charge on any atom is 0.336 e. The smallest absolute Gasteiger partial charge is 0.336 e. The highest BCUT2D eigenvalue weighted by Gasteiger charge is 2.43. The van der Waals surface area contributed by atoms with Gasteiger partial charge in [-0.05, 0) is 39.3 Å². The van der Waals surface area contributed by atoms with Crippen molar-refractivity contribution in [2.75, 3.05) is 26.4 Å². The maximum atomic E-state index is 13.0. The van der Waals surface area contributed by atoms with Crippen LogP contribution >= 0.6 is 23.2 Å². The standard InChI is InChI=1S/C21H25Cl2NO5/c1-5-27-10-11-29-21(26)17-13(4)24-12(3)16(20(25)28-6-2)18(17)14-8-7-9-15(22)19(14)23/h7-9,16,18H,5-6,10-11H2,1-4H3. The summed E-state index contributed by atoms with van der Waals surface area (Å²) in [5.74, 6) is -2.60. The van der Waals surface area contributed by atoms with Crippen molar-refractivity contribution in [2.24, 2.45) is 10.9 Å². The first-order chi connectivity index (χ1) is 13.8. The fourth-order valence-corrected chi connectivity index (χ4v) is 3.78. The molecule has 2 rings (SSSR count). The fourth-order valence-electron chi connectivity index (χ4n) is 3.35. The van der Waals surface area contributed by atoms with Crippen LogP contribution in [-0.2, 0) is 23.8 Å². The summed E-state index contributed by atoms with van der Waals surface area (Å²) in [5, 5.41) is 0.601. The molecule has 6 nitrogen and oxygen atoms in total. The minimum absolute atomic E-state index is 0.0895. The Kier molecular flexibility index (Phi) is 8.68. The molecule has 1 aliphatic heterocycles. The van der Waals surface area contributed by atoms with E-state index in [-0.39, 0.29) is 30.4 Å². The summed E-state index contributed by atoms with van der Waals surface area (Å²) >= 11 is 12.7. The topological polar surface area (TPSA) is 74.2 Å². The predicted octanol–water partition coefficient (Wildman–Crippen LogP) is 4.58. The molecule has 0 bridgehead atoms. The quantitative estimate of drug-likeness (QED) is 0.435. The van der Waals surface area contributed by atoms with Crippen molar-refractivity contribution < 1.29 is 23.8 Å². The molecule has 158 valence electrons. The van der Waals surface area contributed by atoms with E-state index in [2.05, 4.69) is 4.99 Å². The molecule has 0 amide bonds. The van der Waals surface area contributed by atoms with Gasteiger partial charge in [-0.25, -0.2) is 4.79 Å². The van der Waals surface area contributed by atoms with Crippen molar-refractivity contribution in [3.63, 3.8) is 0 Å². The Balaban J connectivity index is 2.53. The van der Waals surface area contributed by atoms with E-state index in [1.165, 1.54) is 0 Å². The normalized spacial score (nSPS) is 19.0. The Hall–Kier alpha value is -1.89. The van der Waals surface area contributed by atoms with E-state index in [1.54, 1.807) is 39.0 Å². The number of carbonyl (C=O) groups is 2. The minimum Gasteiger partial charge on any atom is -0.465 e. The van der Waals surface area contributed by atoms with Gasteiger partial charge in [0.05, 0.1) is 28.8 Å².